The van der Waals surface area contributed by atoms with E-state index in [1.807, 2.05) is 18.2 Å². The molecular weight excluding hydrogens is 350 g/mol. The largest absolute Gasteiger partial charge is 0.483 e. The molecule has 142 valence electrons. The molecule has 2 rings (SSSR count). The highest BCUT2D eigenvalue weighted by Gasteiger charge is 2.13. The maximum Gasteiger partial charge on any atom is 0.276 e. The average molecular weight is 371 g/mol. The van der Waals surface area contributed by atoms with Crippen molar-refractivity contribution in [2.45, 2.75) is 26.2 Å². The Hall–Kier alpha value is -3.42. The zero-order valence-electron chi connectivity index (χ0n) is 15.1. The lowest BCUT2D eigenvalue weighted by molar-refractivity contribution is -0.384. The van der Waals surface area contributed by atoms with Gasteiger partial charge < -0.3 is 4.74 Å². The van der Waals surface area contributed by atoms with Crippen molar-refractivity contribution in [2.75, 3.05) is 6.61 Å². The Morgan fingerprint density at radius 1 is 1.11 bits per heavy atom. The topological polar surface area (TPSA) is 111 Å². The number of amides is 2. The molecule has 2 amide bonds. The van der Waals surface area contributed by atoms with Gasteiger partial charge in [-0.2, -0.15) is 0 Å². The zero-order valence-corrected chi connectivity index (χ0v) is 15.1. The Morgan fingerprint density at radius 2 is 1.78 bits per heavy atom. The lowest BCUT2D eigenvalue weighted by atomic mass is 9.98. The third-order valence-corrected chi connectivity index (χ3v) is 4.08. The Morgan fingerprint density at radius 3 is 2.41 bits per heavy atom. The van der Waals surface area contributed by atoms with E-state index in [1.165, 1.54) is 24.3 Å². The third kappa shape index (κ3) is 5.53. The highest BCUT2D eigenvalue weighted by atomic mass is 16.6. The maximum atomic E-state index is 12.0. The molecule has 2 aromatic carbocycles. The van der Waals surface area contributed by atoms with E-state index in [2.05, 4.69) is 24.7 Å². The van der Waals surface area contributed by atoms with Gasteiger partial charge in [-0.1, -0.05) is 32.0 Å². The number of hydrogen-bond donors (Lipinski definition) is 2. The Kier molecular flexibility index (Phi) is 6.87. The Bertz CT molecular complexity index is 820. The van der Waals surface area contributed by atoms with Gasteiger partial charge in [-0.25, -0.2) is 0 Å². The van der Waals surface area contributed by atoms with Crippen molar-refractivity contribution in [1.29, 1.82) is 0 Å². The van der Waals surface area contributed by atoms with Crippen molar-refractivity contribution in [3.63, 3.8) is 0 Å². The van der Waals surface area contributed by atoms with Crippen LogP contribution in [-0.2, 0) is 4.79 Å². The van der Waals surface area contributed by atoms with Gasteiger partial charge in [0.15, 0.2) is 6.61 Å². The van der Waals surface area contributed by atoms with E-state index in [0.29, 0.717) is 11.7 Å². The number of hydrazine groups is 1. The molecule has 0 heterocycles. The third-order valence-electron chi connectivity index (χ3n) is 4.08. The molecule has 0 saturated heterocycles. The maximum absolute atomic E-state index is 12.0. The van der Waals surface area contributed by atoms with E-state index in [-0.39, 0.29) is 17.9 Å². The summed E-state index contributed by atoms with van der Waals surface area (Å²) in [5.74, 6) is -0.183. The number of carbonyl (C=O) groups excluding carboxylic acids is 2. The van der Waals surface area contributed by atoms with Crippen LogP contribution in [0.1, 0.15) is 42.1 Å². The van der Waals surface area contributed by atoms with E-state index < -0.39 is 16.7 Å². The van der Waals surface area contributed by atoms with Gasteiger partial charge in [-0.05, 0) is 36.1 Å². The van der Waals surface area contributed by atoms with Crippen LogP contribution in [0.2, 0.25) is 0 Å². The van der Waals surface area contributed by atoms with Gasteiger partial charge in [0.05, 0.1) is 4.92 Å². The number of nitro benzene ring substituents is 1. The van der Waals surface area contributed by atoms with Gasteiger partial charge in [0, 0.05) is 17.7 Å². The minimum Gasteiger partial charge on any atom is -0.483 e. The van der Waals surface area contributed by atoms with Gasteiger partial charge in [-0.15, -0.1) is 0 Å². The van der Waals surface area contributed by atoms with Gasteiger partial charge in [-0.3, -0.25) is 30.6 Å². The van der Waals surface area contributed by atoms with Gasteiger partial charge in [0.2, 0.25) is 0 Å². The fraction of sp³-hybridized carbons (Fsp3) is 0.263. The highest BCUT2D eigenvalue weighted by molar-refractivity contribution is 5.95. The molecule has 1 atom stereocenters. The molecule has 27 heavy (non-hydrogen) atoms. The number of ether oxygens (including phenoxy) is 1. The van der Waals surface area contributed by atoms with Crippen LogP contribution in [0.4, 0.5) is 5.69 Å². The summed E-state index contributed by atoms with van der Waals surface area (Å²) < 4.78 is 5.56. The van der Waals surface area contributed by atoms with E-state index in [4.69, 9.17) is 4.74 Å². The van der Waals surface area contributed by atoms with Crippen molar-refractivity contribution in [3.05, 3.63) is 69.8 Å². The number of hydrogen-bond acceptors (Lipinski definition) is 5. The summed E-state index contributed by atoms with van der Waals surface area (Å²) >= 11 is 0. The predicted molar refractivity (Wildman–Crippen MR) is 99.3 cm³/mol. The van der Waals surface area contributed by atoms with Crippen molar-refractivity contribution < 1.29 is 19.2 Å². The van der Waals surface area contributed by atoms with E-state index in [1.54, 1.807) is 6.07 Å². The van der Waals surface area contributed by atoms with Crippen LogP contribution in [0.5, 0.6) is 5.75 Å². The predicted octanol–water partition coefficient (Wildman–Crippen LogP) is 2.95. The Balaban J connectivity index is 1.86. The summed E-state index contributed by atoms with van der Waals surface area (Å²) in [6.07, 6.45) is 0.942. The van der Waals surface area contributed by atoms with Crippen LogP contribution in [0.25, 0.3) is 0 Å². The van der Waals surface area contributed by atoms with Crippen molar-refractivity contribution in [1.82, 2.24) is 10.9 Å². The first-order valence-corrected chi connectivity index (χ1v) is 8.47. The number of non-ortho nitro benzene ring substituents is 1. The molecule has 0 radical (unpaired) electrons. The zero-order chi connectivity index (χ0) is 19.8. The van der Waals surface area contributed by atoms with Crippen LogP contribution in [0.3, 0.4) is 0 Å². The standard InChI is InChI=1S/C19H21N3O5/c1-3-13(2)16-6-4-5-7-17(16)27-12-18(23)20-21-19(24)14-8-10-15(11-9-14)22(25)26/h4-11,13H,3,12H2,1-2H3,(H,20,23)(H,21,24)/t13-/m1/s1. The molecule has 8 nitrogen and oxygen atoms in total. The molecule has 0 unspecified atom stereocenters. The fourth-order valence-electron chi connectivity index (χ4n) is 2.35. The molecule has 0 fully saturated rings. The van der Waals surface area contributed by atoms with Crippen LogP contribution in [0.15, 0.2) is 48.5 Å². The molecule has 0 bridgehead atoms. The van der Waals surface area contributed by atoms with E-state index >= 15 is 0 Å². The number of para-hydroxylation sites is 1. The molecule has 0 aliphatic heterocycles. The quantitative estimate of drug-likeness (QED) is 0.574. The molecule has 2 N–H and O–H groups in total. The Labute approximate surface area is 156 Å². The van der Waals surface area contributed by atoms with Crippen molar-refractivity contribution in [2.24, 2.45) is 0 Å². The average Bonchev–Trinajstić information content (AvgIpc) is 2.70. The number of nitrogens with one attached hydrogen (secondary N) is 2. The molecule has 8 heteroatoms. The number of nitrogens with zero attached hydrogens (tertiary/aromatic N) is 1. The molecule has 0 saturated carbocycles. The molecule has 2 aromatic rings. The summed E-state index contributed by atoms with van der Waals surface area (Å²) in [6, 6.07) is 12.5. The first kappa shape index (κ1) is 19.9. The SMILES string of the molecule is CC[C@@H](C)c1ccccc1OCC(=O)NNC(=O)c1ccc([N+](=O)[O-])cc1. The van der Waals surface area contributed by atoms with E-state index in [9.17, 15) is 19.7 Å². The molecule has 0 aromatic heterocycles. The highest BCUT2D eigenvalue weighted by Crippen LogP contribution is 2.28. The summed E-state index contributed by atoms with van der Waals surface area (Å²) in [7, 11) is 0. The monoisotopic (exact) mass is 371 g/mol. The summed E-state index contributed by atoms with van der Waals surface area (Å²) in [5, 5.41) is 10.6. The number of nitro groups is 1. The molecule has 0 aliphatic carbocycles. The second-order valence-electron chi connectivity index (χ2n) is 5.94. The van der Waals surface area contributed by atoms with Crippen LogP contribution in [-0.4, -0.2) is 23.3 Å². The molecular formula is C19H21N3O5. The van der Waals surface area contributed by atoms with Gasteiger partial charge >= 0.3 is 0 Å². The molecule has 0 spiro atoms. The van der Waals surface area contributed by atoms with Crippen LogP contribution < -0.4 is 15.6 Å². The fourth-order valence-corrected chi connectivity index (χ4v) is 2.35. The second kappa shape index (κ2) is 9.33. The molecule has 0 aliphatic rings. The minimum atomic E-state index is -0.585. The number of carbonyl (C=O) groups is 2. The van der Waals surface area contributed by atoms with Crippen LogP contribution >= 0.6 is 0 Å². The smallest absolute Gasteiger partial charge is 0.276 e. The van der Waals surface area contributed by atoms with Crippen molar-refractivity contribution in [3.8, 4) is 5.75 Å². The van der Waals surface area contributed by atoms with Crippen molar-refractivity contribution >= 4 is 17.5 Å². The number of rotatable bonds is 7. The van der Waals surface area contributed by atoms with E-state index in [0.717, 1.165) is 12.0 Å². The minimum absolute atomic E-state index is 0.121. The summed E-state index contributed by atoms with van der Waals surface area (Å²) in [6.45, 7) is 3.89. The lowest BCUT2D eigenvalue weighted by Gasteiger charge is -2.15. The number of benzene rings is 2. The summed E-state index contributed by atoms with van der Waals surface area (Å²) in [4.78, 5) is 33.9. The lowest BCUT2D eigenvalue weighted by Crippen LogP contribution is -2.43. The first-order valence-electron chi connectivity index (χ1n) is 8.47. The van der Waals surface area contributed by atoms with Gasteiger partial charge in [0.25, 0.3) is 17.5 Å². The second-order valence-corrected chi connectivity index (χ2v) is 5.94. The van der Waals surface area contributed by atoms with Gasteiger partial charge in [0.1, 0.15) is 5.75 Å². The summed E-state index contributed by atoms with van der Waals surface area (Å²) in [5.41, 5.74) is 5.58. The van der Waals surface area contributed by atoms with Crippen LogP contribution in [0, 0.1) is 10.1 Å². The first-order chi connectivity index (χ1) is 12.9. The normalized spacial score (nSPS) is 11.3.